The zero-order valence-corrected chi connectivity index (χ0v) is 9.30. The number of hydrogen-bond donors (Lipinski definition) is 3. The average molecular weight is 218 g/mol. The topological polar surface area (TPSA) is 69.9 Å². The first kappa shape index (κ1) is 16.7. The quantitative estimate of drug-likeness (QED) is 0.429. The second kappa shape index (κ2) is 13.3. The molecule has 0 amide bonds. The smallest absolute Gasteiger partial charge is 0.103 e. The van der Waals surface area contributed by atoms with Gasteiger partial charge in [0.05, 0.1) is 25.9 Å². The minimum Gasteiger partial charge on any atom is -0.394 e. The van der Waals surface area contributed by atoms with Gasteiger partial charge >= 0.3 is 0 Å². The molecule has 0 aromatic heterocycles. The highest BCUT2D eigenvalue weighted by atomic mass is 16.5. The second-order valence-corrected chi connectivity index (χ2v) is 2.84. The van der Waals surface area contributed by atoms with Crippen LogP contribution < -0.4 is 0 Å². The summed E-state index contributed by atoms with van der Waals surface area (Å²) >= 11 is 0. The SMILES string of the molecule is C=CCOCC=C.CCC(O)C(O)CO. The van der Waals surface area contributed by atoms with E-state index in [0.29, 0.717) is 19.6 Å². The molecule has 15 heavy (non-hydrogen) atoms. The Bertz CT molecular complexity index is 132. The molecule has 0 aromatic carbocycles. The number of rotatable bonds is 7. The fraction of sp³-hybridized carbons (Fsp3) is 0.636. The van der Waals surface area contributed by atoms with Crippen molar-refractivity contribution in [1.82, 2.24) is 0 Å². The molecule has 0 bridgehead atoms. The minimum absolute atomic E-state index is 0.366. The highest BCUT2D eigenvalue weighted by Crippen LogP contribution is 1.95. The van der Waals surface area contributed by atoms with Crippen LogP contribution in [0, 0.1) is 0 Å². The van der Waals surface area contributed by atoms with Crippen LogP contribution in [0.15, 0.2) is 25.3 Å². The third-order valence-corrected chi connectivity index (χ3v) is 1.52. The van der Waals surface area contributed by atoms with Gasteiger partial charge < -0.3 is 20.1 Å². The van der Waals surface area contributed by atoms with Crippen LogP contribution in [0.25, 0.3) is 0 Å². The summed E-state index contributed by atoms with van der Waals surface area (Å²) in [5, 5.41) is 25.6. The highest BCUT2D eigenvalue weighted by Gasteiger charge is 2.10. The summed E-state index contributed by atoms with van der Waals surface area (Å²) in [4.78, 5) is 0. The largest absolute Gasteiger partial charge is 0.394 e. The lowest BCUT2D eigenvalue weighted by atomic mass is 10.2. The predicted molar refractivity (Wildman–Crippen MR) is 60.6 cm³/mol. The molecular formula is C11H22O4. The molecule has 0 aliphatic carbocycles. The van der Waals surface area contributed by atoms with Crippen molar-refractivity contribution in [3.63, 3.8) is 0 Å². The van der Waals surface area contributed by atoms with E-state index >= 15 is 0 Å². The fourth-order valence-electron chi connectivity index (χ4n) is 0.628. The van der Waals surface area contributed by atoms with Crippen LogP contribution in [0.4, 0.5) is 0 Å². The van der Waals surface area contributed by atoms with Gasteiger partial charge in [-0.15, -0.1) is 13.2 Å². The lowest BCUT2D eigenvalue weighted by Gasteiger charge is -2.11. The van der Waals surface area contributed by atoms with Crippen LogP contribution in [-0.2, 0) is 4.74 Å². The van der Waals surface area contributed by atoms with Crippen LogP contribution in [0.5, 0.6) is 0 Å². The van der Waals surface area contributed by atoms with Gasteiger partial charge in [-0.2, -0.15) is 0 Å². The Balaban J connectivity index is 0. The van der Waals surface area contributed by atoms with E-state index in [4.69, 9.17) is 20.1 Å². The van der Waals surface area contributed by atoms with Crippen molar-refractivity contribution in [2.24, 2.45) is 0 Å². The van der Waals surface area contributed by atoms with Crippen LogP contribution in [-0.4, -0.2) is 47.3 Å². The molecule has 4 heteroatoms. The molecular weight excluding hydrogens is 196 g/mol. The highest BCUT2D eigenvalue weighted by molar-refractivity contribution is 4.68. The second-order valence-electron chi connectivity index (χ2n) is 2.84. The van der Waals surface area contributed by atoms with E-state index in [2.05, 4.69) is 13.2 Å². The maximum Gasteiger partial charge on any atom is 0.103 e. The lowest BCUT2D eigenvalue weighted by Crippen LogP contribution is -2.28. The zero-order chi connectivity index (χ0) is 12.1. The number of aliphatic hydroxyl groups excluding tert-OH is 3. The predicted octanol–water partition coefficient (Wildman–Crippen LogP) is 0.485. The molecule has 0 saturated carbocycles. The molecule has 0 saturated heterocycles. The van der Waals surface area contributed by atoms with E-state index in [-0.39, 0.29) is 6.61 Å². The maximum absolute atomic E-state index is 8.72. The van der Waals surface area contributed by atoms with Crippen molar-refractivity contribution in [3.05, 3.63) is 25.3 Å². The molecule has 0 rings (SSSR count). The van der Waals surface area contributed by atoms with Crippen LogP contribution >= 0.6 is 0 Å². The summed E-state index contributed by atoms with van der Waals surface area (Å²) in [6.45, 7) is 9.55. The monoisotopic (exact) mass is 218 g/mol. The Hall–Kier alpha value is -0.680. The molecule has 0 spiro atoms. The molecule has 0 aliphatic heterocycles. The van der Waals surface area contributed by atoms with Crippen LogP contribution in [0.3, 0.4) is 0 Å². The van der Waals surface area contributed by atoms with E-state index in [1.165, 1.54) is 0 Å². The Labute approximate surface area is 91.5 Å². The van der Waals surface area contributed by atoms with Crippen LogP contribution in [0.1, 0.15) is 13.3 Å². The summed E-state index contributed by atoms with van der Waals surface area (Å²) in [6.07, 6.45) is 2.15. The van der Waals surface area contributed by atoms with E-state index in [1.54, 1.807) is 19.1 Å². The van der Waals surface area contributed by atoms with Crippen molar-refractivity contribution in [2.45, 2.75) is 25.6 Å². The summed E-state index contributed by atoms with van der Waals surface area (Å²) in [5.41, 5.74) is 0. The normalized spacial score (nSPS) is 13.3. The molecule has 4 nitrogen and oxygen atoms in total. The Kier molecular flexibility index (Phi) is 14.9. The third-order valence-electron chi connectivity index (χ3n) is 1.52. The van der Waals surface area contributed by atoms with Crippen molar-refractivity contribution < 1.29 is 20.1 Å². The van der Waals surface area contributed by atoms with Gasteiger partial charge in [-0.25, -0.2) is 0 Å². The van der Waals surface area contributed by atoms with E-state index in [0.717, 1.165) is 0 Å². The van der Waals surface area contributed by atoms with Crippen molar-refractivity contribution in [3.8, 4) is 0 Å². The first-order valence-electron chi connectivity index (χ1n) is 4.90. The van der Waals surface area contributed by atoms with Gasteiger partial charge in [0, 0.05) is 0 Å². The Morgan fingerprint density at radius 1 is 1.13 bits per heavy atom. The number of ether oxygens (including phenoxy) is 1. The number of hydrogen-bond acceptors (Lipinski definition) is 4. The Morgan fingerprint density at radius 2 is 1.60 bits per heavy atom. The number of aliphatic hydroxyl groups is 3. The van der Waals surface area contributed by atoms with Gasteiger partial charge in [0.15, 0.2) is 0 Å². The van der Waals surface area contributed by atoms with E-state index in [1.807, 2.05) is 0 Å². The summed E-state index contributed by atoms with van der Waals surface area (Å²) in [5.74, 6) is 0. The van der Waals surface area contributed by atoms with Gasteiger partial charge in [-0.1, -0.05) is 19.1 Å². The van der Waals surface area contributed by atoms with Gasteiger partial charge in [-0.3, -0.25) is 0 Å². The van der Waals surface area contributed by atoms with Gasteiger partial charge in [0.25, 0.3) is 0 Å². The van der Waals surface area contributed by atoms with Gasteiger partial charge in [0.2, 0.25) is 0 Å². The molecule has 2 unspecified atom stereocenters. The summed E-state index contributed by atoms with van der Waals surface area (Å²) in [7, 11) is 0. The Morgan fingerprint density at radius 3 is 1.80 bits per heavy atom. The van der Waals surface area contributed by atoms with Gasteiger partial charge in [0.1, 0.15) is 6.10 Å². The first-order valence-corrected chi connectivity index (χ1v) is 4.90. The molecule has 0 heterocycles. The van der Waals surface area contributed by atoms with Crippen molar-refractivity contribution in [2.75, 3.05) is 19.8 Å². The van der Waals surface area contributed by atoms with E-state index < -0.39 is 12.2 Å². The molecule has 0 aromatic rings. The standard InChI is InChI=1S/C6H10O.C5H12O3/c1-3-5-7-6-4-2;1-2-4(7)5(8)3-6/h3-4H,1-2,5-6H2;4-8H,2-3H2,1H3. The van der Waals surface area contributed by atoms with E-state index in [9.17, 15) is 0 Å². The molecule has 90 valence electrons. The molecule has 0 fully saturated rings. The van der Waals surface area contributed by atoms with Gasteiger partial charge in [-0.05, 0) is 6.42 Å². The van der Waals surface area contributed by atoms with Crippen LogP contribution in [0.2, 0.25) is 0 Å². The summed E-state index contributed by atoms with van der Waals surface area (Å²) in [6, 6.07) is 0. The average Bonchev–Trinajstić information content (AvgIpc) is 2.28. The van der Waals surface area contributed by atoms with Crippen molar-refractivity contribution in [1.29, 1.82) is 0 Å². The lowest BCUT2D eigenvalue weighted by molar-refractivity contribution is -0.0151. The fourth-order valence-corrected chi connectivity index (χ4v) is 0.628. The maximum atomic E-state index is 8.72. The molecule has 3 N–H and O–H groups in total. The minimum atomic E-state index is -0.972. The molecule has 0 radical (unpaired) electrons. The first-order chi connectivity index (χ1) is 7.13. The third kappa shape index (κ3) is 13.3. The summed E-state index contributed by atoms with van der Waals surface area (Å²) < 4.78 is 4.90. The molecule has 0 aliphatic rings. The molecule has 2 atom stereocenters. The van der Waals surface area contributed by atoms with Crippen molar-refractivity contribution >= 4 is 0 Å². The zero-order valence-electron chi connectivity index (χ0n) is 9.30.